The van der Waals surface area contributed by atoms with Crippen molar-refractivity contribution >= 4 is 11.9 Å². The summed E-state index contributed by atoms with van der Waals surface area (Å²) in [6, 6.07) is 0. The van der Waals surface area contributed by atoms with Crippen LogP contribution in [0.5, 0.6) is 0 Å². The van der Waals surface area contributed by atoms with Crippen LogP contribution in [-0.4, -0.2) is 24.2 Å². The highest BCUT2D eigenvalue weighted by Crippen LogP contribution is 2.03. The number of carbonyl (C=O) groups is 2. The quantitative estimate of drug-likeness (QED) is 0.485. The number of rotatable bonds is 6. The van der Waals surface area contributed by atoms with Crippen LogP contribution in [0.25, 0.3) is 0 Å². The minimum Gasteiger partial charge on any atom is -0.481 e. The standard InChI is InChI=1S/C8H14O4/c1-12-8(11)6-4-2-3-5-7(9)10/h2-6H2,1H3,(H,9,10). The molecule has 0 spiro atoms. The molecule has 0 saturated carbocycles. The molecule has 4 heteroatoms. The van der Waals surface area contributed by atoms with Crippen molar-refractivity contribution in [3.05, 3.63) is 0 Å². The van der Waals surface area contributed by atoms with Crippen molar-refractivity contribution in [1.82, 2.24) is 0 Å². The topological polar surface area (TPSA) is 63.6 Å². The Morgan fingerprint density at radius 3 is 2.25 bits per heavy atom. The molecule has 0 aromatic carbocycles. The van der Waals surface area contributed by atoms with E-state index in [1.807, 2.05) is 0 Å². The van der Waals surface area contributed by atoms with Gasteiger partial charge in [-0.2, -0.15) is 0 Å². The van der Waals surface area contributed by atoms with Gasteiger partial charge in [0.25, 0.3) is 0 Å². The molecule has 0 aliphatic rings. The minimum absolute atomic E-state index is 0.182. The second-order valence-electron chi connectivity index (χ2n) is 2.53. The molecule has 0 aliphatic carbocycles. The zero-order valence-electron chi connectivity index (χ0n) is 7.21. The highest BCUT2D eigenvalue weighted by molar-refractivity contribution is 5.69. The van der Waals surface area contributed by atoms with Gasteiger partial charge in [-0.3, -0.25) is 9.59 Å². The van der Waals surface area contributed by atoms with Gasteiger partial charge in [-0.1, -0.05) is 6.42 Å². The van der Waals surface area contributed by atoms with E-state index in [2.05, 4.69) is 4.74 Å². The molecule has 70 valence electrons. The Morgan fingerprint density at radius 1 is 1.17 bits per heavy atom. The van der Waals surface area contributed by atoms with Crippen LogP contribution >= 0.6 is 0 Å². The van der Waals surface area contributed by atoms with Gasteiger partial charge < -0.3 is 9.84 Å². The zero-order chi connectivity index (χ0) is 9.40. The summed E-state index contributed by atoms with van der Waals surface area (Å²) >= 11 is 0. The summed E-state index contributed by atoms with van der Waals surface area (Å²) in [6.45, 7) is 0. The first kappa shape index (κ1) is 10.9. The van der Waals surface area contributed by atoms with Crippen molar-refractivity contribution in [2.45, 2.75) is 32.1 Å². The van der Waals surface area contributed by atoms with E-state index in [1.54, 1.807) is 0 Å². The number of aliphatic carboxylic acids is 1. The number of esters is 1. The summed E-state index contributed by atoms with van der Waals surface area (Å²) < 4.78 is 4.42. The van der Waals surface area contributed by atoms with Crippen LogP contribution in [0.3, 0.4) is 0 Å². The number of unbranched alkanes of at least 4 members (excludes halogenated alkanes) is 2. The van der Waals surface area contributed by atoms with Crippen molar-refractivity contribution in [2.75, 3.05) is 7.11 Å². The lowest BCUT2D eigenvalue weighted by Gasteiger charge is -1.97. The van der Waals surface area contributed by atoms with E-state index >= 15 is 0 Å². The van der Waals surface area contributed by atoms with Crippen LogP contribution < -0.4 is 0 Å². The Kier molecular flexibility index (Phi) is 6.05. The fourth-order valence-corrected chi connectivity index (χ4v) is 0.824. The van der Waals surface area contributed by atoms with E-state index in [4.69, 9.17) is 5.11 Å². The largest absolute Gasteiger partial charge is 0.481 e. The fraction of sp³-hybridized carbons (Fsp3) is 0.750. The third-order valence-electron chi connectivity index (χ3n) is 1.50. The van der Waals surface area contributed by atoms with E-state index < -0.39 is 5.97 Å². The molecule has 0 saturated heterocycles. The van der Waals surface area contributed by atoms with Gasteiger partial charge in [-0.25, -0.2) is 0 Å². The molecule has 0 aromatic heterocycles. The van der Waals surface area contributed by atoms with Crippen molar-refractivity contribution in [3.8, 4) is 0 Å². The van der Waals surface area contributed by atoms with Crippen LogP contribution in [0.1, 0.15) is 32.1 Å². The lowest BCUT2D eigenvalue weighted by molar-refractivity contribution is -0.140. The highest BCUT2D eigenvalue weighted by atomic mass is 16.5. The van der Waals surface area contributed by atoms with E-state index in [-0.39, 0.29) is 12.4 Å². The van der Waals surface area contributed by atoms with Gasteiger partial charge in [0.15, 0.2) is 0 Å². The second kappa shape index (κ2) is 6.64. The Labute approximate surface area is 71.5 Å². The third-order valence-corrected chi connectivity index (χ3v) is 1.50. The SMILES string of the molecule is COC(=O)CCCCCC(=O)O. The first-order valence-corrected chi connectivity index (χ1v) is 3.95. The van der Waals surface area contributed by atoms with Crippen LogP contribution in [0.2, 0.25) is 0 Å². The van der Waals surface area contributed by atoms with Gasteiger partial charge in [0, 0.05) is 12.8 Å². The number of hydrogen-bond donors (Lipinski definition) is 1. The van der Waals surface area contributed by atoms with E-state index in [1.165, 1.54) is 7.11 Å². The average molecular weight is 174 g/mol. The Bertz CT molecular complexity index is 153. The summed E-state index contributed by atoms with van der Waals surface area (Å²) in [6.07, 6.45) is 2.67. The Balaban J connectivity index is 3.11. The fourth-order valence-electron chi connectivity index (χ4n) is 0.824. The summed E-state index contributed by atoms with van der Waals surface area (Å²) in [5, 5.41) is 8.28. The molecule has 12 heavy (non-hydrogen) atoms. The smallest absolute Gasteiger partial charge is 0.305 e. The average Bonchev–Trinajstić information content (AvgIpc) is 2.03. The van der Waals surface area contributed by atoms with Crippen LogP contribution in [0, 0.1) is 0 Å². The molecule has 0 fully saturated rings. The summed E-state index contributed by atoms with van der Waals surface area (Å²) in [7, 11) is 1.35. The van der Waals surface area contributed by atoms with Gasteiger partial charge in [-0.05, 0) is 12.8 Å². The Morgan fingerprint density at radius 2 is 1.75 bits per heavy atom. The molecule has 0 heterocycles. The summed E-state index contributed by atoms with van der Waals surface area (Å²) in [5.41, 5.74) is 0. The van der Waals surface area contributed by atoms with E-state index in [0.717, 1.165) is 6.42 Å². The first-order valence-electron chi connectivity index (χ1n) is 3.95. The number of carboxylic acid groups (broad SMARTS) is 1. The van der Waals surface area contributed by atoms with Gasteiger partial charge in [0.1, 0.15) is 0 Å². The molecule has 0 unspecified atom stereocenters. The summed E-state index contributed by atoms with van der Waals surface area (Å²) in [4.78, 5) is 20.6. The second-order valence-corrected chi connectivity index (χ2v) is 2.53. The molecule has 0 rings (SSSR count). The monoisotopic (exact) mass is 174 g/mol. The number of hydrogen-bond acceptors (Lipinski definition) is 3. The van der Waals surface area contributed by atoms with Gasteiger partial charge in [0.05, 0.1) is 7.11 Å². The molecule has 0 bridgehead atoms. The maximum Gasteiger partial charge on any atom is 0.305 e. The van der Waals surface area contributed by atoms with E-state index in [0.29, 0.717) is 19.3 Å². The predicted molar refractivity (Wildman–Crippen MR) is 42.7 cm³/mol. The number of methoxy groups -OCH3 is 1. The Hall–Kier alpha value is -1.06. The van der Waals surface area contributed by atoms with Crippen molar-refractivity contribution < 1.29 is 19.4 Å². The summed E-state index contributed by atoms with van der Waals surface area (Å²) in [5.74, 6) is -1.02. The molecular formula is C8H14O4. The predicted octanol–water partition coefficient (Wildman–Crippen LogP) is 1.19. The molecule has 0 aromatic rings. The van der Waals surface area contributed by atoms with Gasteiger partial charge in [-0.15, -0.1) is 0 Å². The molecular weight excluding hydrogens is 160 g/mol. The third kappa shape index (κ3) is 7.05. The van der Waals surface area contributed by atoms with Crippen LogP contribution in [0.4, 0.5) is 0 Å². The first-order chi connectivity index (χ1) is 5.66. The molecule has 0 atom stereocenters. The maximum atomic E-state index is 10.6. The van der Waals surface area contributed by atoms with Gasteiger partial charge in [0.2, 0.25) is 0 Å². The maximum absolute atomic E-state index is 10.6. The van der Waals surface area contributed by atoms with Crippen molar-refractivity contribution in [3.63, 3.8) is 0 Å². The number of carbonyl (C=O) groups excluding carboxylic acids is 1. The van der Waals surface area contributed by atoms with Gasteiger partial charge >= 0.3 is 11.9 Å². The normalized spacial score (nSPS) is 9.42. The van der Waals surface area contributed by atoms with Crippen molar-refractivity contribution in [2.24, 2.45) is 0 Å². The molecule has 0 aliphatic heterocycles. The minimum atomic E-state index is -0.784. The van der Waals surface area contributed by atoms with Crippen LogP contribution in [-0.2, 0) is 14.3 Å². The number of ether oxygens (including phenoxy) is 1. The highest BCUT2D eigenvalue weighted by Gasteiger charge is 2.00. The van der Waals surface area contributed by atoms with E-state index in [9.17, 15) is 9.59 Å². The molecule has 1 N–H and O–H groups in total. The van der Waals surface area contributed by atoms with Crippen molar-refractivity contribution in [1.29, 1.82) is 0 Å². The zero-order valence-corrected chi connectivity index (χ0v) is 7.21. The lowest BCUT2D eigenvalue weighted by Crippen LogP contribution is -2.00. The number of carboxylic acids is 1. The molecule has 0 radical (unpaired) electrons. The molecule has 4 nitrogen and oxygen atoms in total. The molecule has 0 amide bonds. The lowest BCUT2D eigenvalue weighted by atomic mass is 10.1. The van der Waals surface area contributed by atoms with Crippen LogP contribution in [0.15, 0.2) is 0 Å².